The van der Waals surface area contributed by atoms with Gasteiger partial charge in [-0.05, 0) is 36.4 Å². The summed E-state index contributed by atoms with van der Waals surface area (Å²) in [6, 6.07) is 23.9. The van der Waals surface area contributed by atoms with E-state index in [9.17, 15) is 4.79 Å². The molecule has 0 amide bonds. The summed E-state index contributed by atoms with van der Waals surface area (Å²) in [5.41, 5.74) is 3.37. The average Bonchev–Trinajstić information content (AvgIpc) is 2.71. The van der Waals surface area contributed by atoms with Crippen molar-refractivity contribution in [3.05, 3.63) is 78.4 Å². The highest BCUT2D eigenvalue weighted by Gasteiger charge is 2.31. The third-order valence-corrected chi connectivity index (χ3v) is 6.41. The maximum absolute atomic E-state index is 12.4. The Bertz CT molecular complexity index is 925. The first kappa shape index (κ1) is 16.7. The van der Waals surface area contributed by atoms with Crippen LogP contribution in [-0.4, -0.2) is 20.2 Å². The van der Waals surface area contributed by atoms with Crippen LogP contribution in [0.15, 0.2) is 82.6 Å². The second-order valence-electron chi connectivity index (χ2n) is 5.80. The molecule has 0 radical (unpaired) electrons. The molecule has 0 aromatic heterocycles. The van der Waals surface area contributed by atoms with Crippen LogP contribution in [0.2, 0.25) is 0 Å². The molecular formula is C21H19NO3S. The first-order valence-corrected chi connectivity index (χ1v) is 9.52. The van der Waals surface area contributed by atoms with Crippen LogP contribution in [0.3, 0.4) is 0 Å². The Morgan fingerprint density at radius 1 is 0.769 bits per heavy atom. The SMILES string of the molecule is COC(=O)c1ccccc1N1c2ccccc2[SH](OC)c2ccccc21. The number of anilines is 3. The average molecular weight is 365 g/mol. The summed E-state index contributed by atoms with van der Waals surface area (Å²) in [4.78, 5) is 16.7. The number of methoxy groups -OCH3 is 1. The third-order valence-electron chi connectivity index (χ3n) is 4.42. The van der Waals surface area contributed by atoms with E-state index in [1.54, 1.807) is 13.2 Å². The molecular weight excluding hydrogens is 346 g/mol. The monoisotopic (exact) mass is 365 g/mol. The minimum atomic E-state index is -0.905. The molecule has 0 fully saturated rings. The van der Waals surface area contributed by atoms with E-state index >= 15 is 0 Å². The summed E-state index contributed by atoms with van der Waals surface area (Å²) in [6.45, 7) is 0. The number of carbonyl (C=O) groups is 1. The van der Waals surface area contributed by atoms with Gasteiger partial charge in [0.15, 0.2) is 0 Å². The molecule has 0 bridgehead atoms. The van der Waals surface area contributed by atoms with Gasteiger partial charge in [0.05, 0.1) is 29.7 Å². The van der Waals surface area contributed by atoms with Crippen LogP contribution < -0.4 is 4.90 Å². The fourth-order valence-electron chi connectivity index (χ4n) is 3.32. The molecule has 0 aliphatic carbocycles. The molecule has 1 aliphatic rings. The summed E-state index contributed by atoms with van der Waals surface area (Å²) in [6.07, 6.45) is 0. The van der Waals surface area contributed by atoms with Crippen molar-refractivity contribution in [2.75, 3.05) is 19.1 Å². The van der Waals surface area contributed by atoms with Crippen molar-refractivity contribution in [1.82, 2.24) is 0 Å². The smallest absolute Gasteiger partial charge is 0.339 e. The normalized spacial score (nSPS) is 13.8. The van der Waals surface area contributed by atoms with E-state index < -0.39 is 11.2 Å². The number of nitrogens with zero attached hydrogens (tertiary/aromatic N) is 1. The molecule has 1 aliphatic heterocycles. The van der Waals surface area contributed by atoms with Crippen LogP contribution in [0.5, 0.6) is 0 Å². The number of hydrogen-bond acceptors (Lipinski definition) is 4. The van der Waals surface area contributed by atoms with Gasteiger partial charge in [-0.25, -0.2) is 4.79 Å². The van der Waals surface area contributed by atoms with Gasteiger partial charge in [-0.3, -0.25) is 0 Å². The van der Waals surface area contributed by atoms with Crippen molar-refractivity contribution in [3.8, 4) is 0 Å². The number of para-hydroxylation sites is 3. The maximum Gasteiger partial charge on any atom is 0.339 e. The first-order chi connectivity index (χ1) is 12.8. The third kappa shape index (κ3) is 2.57. The van der Waals surface area contributed by atoms with Crippen molar-refractivity contribution < 1.29 is 13.7 Å². The number of ether oxygens (including phenoxy) is 1. The molecule has 0 unspecified atom stereocenters. The molecule has 4 nitrogen and oxygen atoms in total. The van der Waals surface area contributed by atoms with E-state index in [2.05, 4.69) is 29.2 Å². The van der Waals surface area contributed by atoms with Crippen molar-refractivity contribution in [2.24, 2.45) is 0 Å². The predicted octanol–water partition coefficient (Wildman–Crippen LogP) is 5.24. The Kier molecular flexibility index (Phi) is 4.41. The van der Waals surface area contributed by atoms with Gasteiger partial charge in [0.25, 0.3) is 0 Å². The van der Waals surface area contributed by atoms with Gasteiger partial charge in [-0.15, -0.1) is 0 Å². The van der Waals surface area contributed by atoms with Crippen LogP contribution in [0, 0.1) is 0 Å². The zero-order valence-corrected chi connectivity index (χ0v) is 15.4. The number of thiol groups is 1. The lowest BCUT2D eigenvalue weighted by Gasteiger charge is -2.39. The lowest BCUT2D eigenvalue weighted by molar-refractivity contribution is 0.0601. The summed E-state index contributed by atoms with van der Waals surface area (Å²) < 4.78 is 10.9. The van der Waals surface area contributed by atoms with E-state index in [1.165, 1.54) is 7.11 Å². The van der Waals surface area contributed by atoms with Gasteiger partial charge in [0, 0.05) is 16.9 Å². The topological polar surface area (TPSA) is 38.8 Å². The fourth-order valence-corrected chi connectivity index (χ4v) is 5.18. The van der Waals surface area contributed by atoms with E-state index in [4.69, 9.17) is 8.92 Å². The standard InChI is InChI=1S/C21H19NO3S/c1-24-21(23)15-9-3-4-10-16(15)22-17-11-5-7-13-19(17)26(25-2)20-14-8-6-12-18(20)22/h3-14,26H,1-2H3. The molecule has 0 atom stereocenters. The summed E-state index contributed by atoms with van der Waals surface area (Å²) >= 11 is -0.905. The quantitative estimate of drug-likeness (QED) is 0.509. The van der Waals surface area contributed by atoms with E-state index in [0.717, 1.165) is 26.9 Å². The minimum absolute atomic E-state index is 0.352. The molecule has 3 aromatic rings. The lowest BCUT2D eigenvalue weighted by atomic mass is 10.1. The Morgan fingerprint density at radius 3 is 1.81 bits per heavy atom. The highest BCUT2D eigenvalue weighted by Crippen LogP contribution is 2.59. The van der Waals surface area contributed by atoms with Crippen molar-refractivity contribution in [1.29, 1.82) is 0 Å². The zero-order valence-electron chi connectivity index (χ0n) is 14.5. The molecule has 5 heteroatoms. The largest absolute Gasteiger partial charge is 0.465 e. The number of benzene rings is 3. The Balaban J connectivity index is 2.01. The Morgan fingerprint density at radius 2 is 1.27 bits per heavy atom. The highest BCUT2D eigenvalue weighted by atomic mass is 32.2. The molecule has 4 rings (SSSR count). The number of fused-ring (bicyclic) bond motifs is 2. The molecule has 0 spiro atoms. The summed E-state index contributed by atoms with van der Waals surface area (Å²) in [5.74, 6) is -0.352. The van der Waals surface area contributed by atoms with Crippen LogP contribution in [-0.2, 0) is 8.92 Å². The summed E-state index contributed by atoms with van der Waals surface area (Å²) in [5, 5.41) is 0. The van der Waals surface area contributed by atoms with Crippen molar-refractivity contribution in [2.45, 2.75) is 9.79 Å². The molecule has 0 saturated heterocycles. The van der Waals surface area contributed by atoms with Crippen LogP contribution in [0.1, 0.15) is 10.4 Å². The van der Waals surface area contributed by atoms with Gasteiger partial charge >= 0.3 is 5.97 Å². The number of esters is 1. The summed E-state index contributed by atoms with van der Waals surface area (Å²) in [7, 11) is 3.15. The van der Waals surface area contributed by atoms with Gasteiger partial charge in [0.2, 0.25) is 0 Å². The Hall–Kier alpha value is -2.76. The zero-order chi connectivity index (χ0) is 18.1. The molecule has 26 heavy (non-hydrogen) atoms. The van der Waals surface area contributed by atoms with E-state index in [-0.39, 0.29) is 5.97 Å². The number of rotatable bonds is 3. The Labute approximate surface area is 155 Å². The molecule has 1 heterocycles. The highest BCUT2D eigenvalue weighted by molar-refractivity contribution is 8.13. The van der Waals surface area contributed by atoms with Crippen molar-refractivity contribution in [3.63, 3.8) is 0 Å². The second kappa shape index (κ2) is 6.86. The number of hydrogen-bond donors (Lipinski definition) is 1. The van der Waals surface area contributed by atoms with Gasteiger partial charge in [-0.2, -0.15) is 0 Å². The predicted molar refractivity (Wildman–Crippen MR) is 105 cm³/mol. The first-order valence-electron chi connectivity index (χ1n) is 8.26. The molecule has 0 saturated carbocycles. The van der Waals surface area contributed by atoms with Crippen LogP contribution >= 0.6 is 11.2 Å². The fraction of sp³-hybridized carbons (Fsp3) is 0.0952. The van der Waals surface area contributed by atoms with Gasteiger partial charge in [-0.1, -0.05) is 47.6 Å². The molecule has 132 valence electrons. The van der Waals surface area contributed by atoms with Crippen molar-refractivity contribution >= 4 is 34.2 Å². The second-order valence-corrected chi connectivity index (χ2v) is 7.72. The molecule has 3 aromatic carbocycles. The van der Waals surface area contributed by atoms with Crippen LogP contribution in [0.25, 0.3) is 0 Å². The van der Waals surface area contributed by atoms with Gasteiger partial charge < -0.3 is 13.8 Å². The van der Waals surface area contributed by atoms with Gasteiger partial charge in [0.1, 0.15) is 0 Å². The lowest BCUT2D eigenvalue weighted by Crippen LogP contribution is -2.19. The maximum atomic E-state index is 12.4. The molecule has 0 N–H and O–H groups in total. The van der Waals surface area contributed by atoms with Crippen LogP contribution in [0.4, 0.5) is 17.1 Å². The van der Waals surface area contributed by atoms with E-state index in [0.29, 0.717) is 5.56 Å². The van der Waals surface area contributed by atoms with E-state index in [1.807, 2.05) is 42.5 Å². The number of carbonyl (C=O) groups excluding carboxylic acids is 1. The minimum Gasteiger partial charge on any atom is -0.465 e.